The van der Waals surface area contributed by atoms with Crippen molar-refractivity contribution in [2.45, 2.75) is 45.6 Å². The van der Waals surface area contributed by atoms with Gasteiger partial charge in [0.05, 0.1) is 6.42 Å². The summed E-state index contributed by atoms with van der Waals surface area (Å²) in [6.45, 7) is 7.99. The van der Waals surface area contributed by atoms with E-state index in [-0.39, 0.29) is 6.09 Å². The molecule has 2 N–H and O–H groups in total. The number of hydrogen-bond acceptors (Lipinski definition) is 3. The Balaban J connectivity index is 2.29. The number of ether oxygens (including phenoxy) is 1. The minimum Gasteiger partial charge on any atom is -0.444 e. The zero-order valence-electron chi connectivity index (χ0n) is 11.2. The molecule has 0 aromatic rings. The molecule has 4 heteroatoms. The van der Waals surface area contributed by atoms with E-state index in [4.69, 9.17) is 10.5 Å². The van der Waals surface area contributed by atoms with Crippen molar-refractivity contribution in [1.82, 2.24) is 4.90 Å². The summed E-state index contributed by atoms with van der Waals surface area (Å²) in [6, 6.07) is 0. The first kappa shape index (κ1) is 14.2. The summed E-state index contributed by atoms with van der Waals surface area (Å²) < 4.78 is 5.35. The van der Waals surface area contributed by atoms with E-state index in [0.717, 1.165) is 32.4 Å². The van der Waals surface area contributed by atoms with Crippen molar-refractivity contribution < 1.29 is 9.53 Å². The number of carbonyl (C=O) groups is 1. The molecule has 1 amide bonds. The second-order valence-corrected chi connectivity index (χ2v) is 5.62. The molecule has 1 aliphatic heterocycles. The Hall–Kier alpha value is -0.900. The molecular weight excluding hydrogens is 216 g/mol. The molecule has 0 unspecified atom stereocenters. The van der Waals surface area contributed by atoms with Crippen LogP contribution < -0.4 is 5.73 Å². The van der Waals surface area contributed by atoms with Crippen LogP contribution in [0.25, 0.3) is 0 Å². The van der Waals surface area contributed by atoms with Crippen LogP contribution in [-0.4, -0.2) is 36.2 Å². The molecule has 0 aliphatic carbocycles. The molecule has 98 valence electrons. The monoisotopic (exact) mass is 241 g/mol. The SMILES string of the molecule is CC(C)(C)OC(=O)N1CCC([CH+]CCN)CC1. The number of rotatable bonds is 3. The Kier molecular flexibility index (Phi) is 5.12. The van der Waals surface area contributed by atoms with Gasteiger partial charge in [0.1, 0.15) is 17.9 Å². The third kappa shape index (κ3) is 5.31. The zero-order chi connectivity index (χ0) is 12.9. The maximum Gasteiger partial charge on any atom is 0.410 e. The number of piperidine rings is 1. The maximum atomic E-state index is 11.8. The third-order valence-corrected chi connectivity index (χ3v) is 2.86. The van der Waals surface area contributed by atoms with Crippen LogP contribution in [0.1, 0.15) is 40.0 Å². The van der Waals surface area contributed by atoms with E-state index in [1.54, 1.807) is 4.90 Å². The van der Waals surface area contributed by atoms with Crippen LogP contribution in [0.5, 0.6) is 0 Å². The van der Waals surface area contributed by atoms with Crippen LogP contribution in [0.3, 0.4) is 0 Å². The minimum atomic E-state index is -0.403. The highest BCUT2D eigenvalue weighted by Crippen LogP contribution is 2.22. The van der Waals surface area contributed by atoms with Crippen molar-refractivity contribution in [2.24, 2.45) is 11.7 Å². The molecule has 1 aliphatic rings. The highest BCUT2D eigenvalue weighted by Gasteiger charge is 2.29. The van der Waals surface area contributed by atoms with Gasteiger partial charge in [0, 0.05) is 32.5 Å². The largest absolute Gasteiger partial charge is 0.444 e. The van der Waals surface area contributed by atoms with E-state index in [9.17, 15) is 4.79 Å². The molecule has 0 radical (unpaired) electrons. The van der Waals surface area contributed by atoms with Crippen LogP contribution >= 0.6 is 0 Å². The van der Waals surface area contributed by atoms with E-state index in [1.165, 1.54) is 0 Å². The summed E-state index contributed by atoms with van der Waals surface area (Å²) in [5.74, 6) is 0.609. The van der Waals surface area contributed by atoms with Crippen molar-refractivity contribution >= 4 is 6.09 Å². The summed E-state index contributed by atoms with van der Waals surface area (Å²) >= 11 is 0. The van der Waals surface area contributed by atoms with Gasteiger partial charge >= 0.3 is 6.09 Å². The predicted molar refractivity (Wildman–Crippen MR) is 68.5 cm³/mol. The molecule has 1 saturated heterocycles. The fourth-order valence-corrected chi connectivity index (χ4v) is 1.98. The number of amides is 1. The number of carbonyl (C=O) groups excluding carboxylic acids is 1. The fourth-order valence-electron chi connectivity index (χ4n) is 1.98. The van der Waals surface area contributed by atoms with Gasteiger partial charge in [-0.2, -0.15) is 0 Å². The van der Waals surface area contributed by atoms with Crippen molar-refractivity contribution in [2.75, 3.05) is 19.6 Å². The van der Waals surface area contributed by atoms with Crippen molar-refractivity contribution in [3.63, 3.8) is 0 Å². The first-order chi connectivity index (χ1) is 7.92. The van der Waals surface area contributed by atoms with Gasteiger partial charge in [-0.15, -0.1) is 0 Å². The Morgan fingerprint density at radius 2 is 2.00 bits per heavy atom. The number of likely N-dealkylation sites (tertiary alicyclic amines) is 1. The molecule has 0 aromatic carbocycles. The van der Waals surface area contributed by atoms with Crippen LogP contribution in [0.4, 0.5) is 4.79 Å². The highest BCUT2D eigenvalue weighted by atomic mass is 16.6. The lowest BCUT2D eigenvalue weighted by Gasteiger charge is -2.31. The average Bonchev–Trinajstić information content (AvgIpc) is 2.24. The predicted octanol–water partition coefficient (Wildman–Crippen LogP) is 2.19. The van der Waals surface area contributed by atoms with Crippen LogP contribution in [0, 0.1) is 12.3 Å². The van der Waals surface area contributed by atoms with Gasteiger partial charge in [-0.05, 0) is 20.8 Å². The van der Waals surface area contributed by atoms with Crippen molar-refractivity contribution in [3.05, 3.63) is 6.42 Å². The van der Waals surface area contributed by atoms with Gasteiger partial charge in [0.25, 0.3) is 0 Å². The Bertz CT molecular complexity index is 240. The van der Waals surface area contributed by atoms with Gasteiger partial charge in [-0.1, -0.05) is 0 Å². The van der Waals surface area contributed by atoms with Gasteiger partial charge in [0.2, 0.25) is 0 Å². The Morgan fingerprint density at radius 3 is 2.47 bits per heavy atom. The smallest absolute Gasteiger partial charge is 0.410 e. The van der Waals surface area contributed by atoms with Crippen LogP contribution in [0.15, 0.2) is 0 Å². The third-order valence-electron chi connectivity index (χ3n) is 2.86. The fraction of sp³-hybridized carbons (Fsp3) is 0.846. The number of nitrogens with zero attached hydrogens (tertiary/aromatic N) is 1. The molecule has 0 spiro atoms. The molecule has 0 bridgehead atoms. The van der Waals surface area contributed by atoms with Crippen LogP contribution in [0.2, 0.25) is 0 Å². The standard InChI is InChI=1S/C13H25N2O2/c1-13(2,3)17-12(16)15-9-6-11(7-10-15)5-4-8-14/h5,11H,4,6-10,14H2,1-3H3/q+1. The van der Waals surface area contributed by atoms with Gasteiger partial charge in [-0.3, -0.25) is 0 Å². The summed E-state index contributed by atoms with van der Waals surface area (Å²) in [5.41, 5.74) is 5.07. The maximum absolute atomic E-state index is 11.8. The first-order valence-corrected chi connectivity index (χ1v) is 6.43. The summed E-state index contributed by atoms with van der Waals surface area (Å²) in [5, 5.41) is 0. The molecule has 1 heterocycles. The van der Waals surface area contributed by atoms with Crippen molar-refractivity contribution in [3.8, 4) is 0 Å². The Labute approximate surface area is 104 Å². The molecule has 4 nitrogen and oxygen atoms in total. The molecule has 0 atom stereocenters. The van der Waals surface area contributed by atoms with E-state index >= 15 is 0 Å². The minimum absolute atomic E-state index is 0.185. The van der Waals surface area contributed by atoms with E-state index in [2.05, 4.69) is 6.42 Å². The quantitative estimate of drug-likeness (QED) is 0.771. The van der Waals surface area contributed by atoms with E-state index < -0.39 is 5.60 Å². The van der Waals surface area contributed by atoms with E-state index in [0.29, 0.717) is 12.5 Å². The molecule has 0 saturated carbocycles. The van der Waals surface area contributed by atoms with Gasteiger partial charge in [0.15, 0.2) is 0 Å². The molecule has 1 rings (SSSR count). The summed E-state index contributed by atoms with van der Waals surface area (Å²) in [4.78, 5) is 13.6. The number of hydrogen-bond donors (Lipinski definition) is 1. The Morgan fingerprint density at radius 1 is 1.41 bits per heavy atom. The second-order valence-electron chi connectivity index (χ2n) is 5.62. The summed E-state index contributed by atoms with van der Waals surface area (Å²) in [7, 11) is 0. The van der Waals surface area contributed by atoms with E-state index in [1.807, 2.05) is 20.8 Å². The lowest BCUT2D eigenvalue weighted by molar-refractivity contribution is 0.0192. The highest BCUT2D eigenvalue weighted by molar-refractivity contribution is 5.68. The molecule has 1 fully saturated rings. The van der Waals surface area contributed by atoms with Crippen LogP contribution in [-0.2, 0) is 4.74 Å². The van der Waals surface area contributed by atoms with Gasteiger partial charge < -0.3 is 15.4 Å². The van der Waals surface area contributed by atoms with Gasteiger partial charge in [-0.25, -0.2) is 4.79 Å². The normalized spacial score (nSPS) is 18.0. The molecule has 17 heavy (non-hydrogen) atoms. The summed E-state index contributed by atoms with van der Waals surface area (Å²) in [6.07, 6.45) is 5.12. The number of nitrogens with two attached hydrogens (primary N) is 1. The average molecular weight is 241 g/mol. The lowest BCUT2D eigenvalue weighted by atomic mass is 9.92. The molecule has 0 aromatic heterocycles. The zero-order valence-corrected chi connectivity index (χ0v) is 11.2. The lowest BCUT2D eigenvalue weighted by Crippen LogP contribution is -2.41. The second kappa shape index (κ2) is 6.15. The topological polar surface area (TPSA) is 55.6 Å². The first-order valence-electron chi connectivity index (χ1n) is 6.43. The molecular formula is C13H25N2O2+. The van der Waals surface area contributed by atoms with Crippen molar-refractivity contribution in [1.29, 1.82) is 0 Å².